The second kappa shape index (κ2) is 7.55. The Bertz CT molecular complexity index is 130. The summed E-state index contributed by atoms with van der Waals surface area (Å²) in [6.45, 7) is 5.35. The molecule has 1 amide bonds. The van der Waals surface area contributed by atoms with Gasteiger partial charge in [0.1, 0.15) is 6.61 Å². The number of hydrogen-bond donors (Lipinski definition) is 1. The lowest BCUT2D eigenvalue weighted by Crippen LogP contribution is -2.32. The molecule has 1 atom stereocenters. The van der Waals surface area contributed by atoms with Crippen molar-refractivity contribution in [2.75, 3.05) is 19.8 Å². The molecule has 72 valence electrons. The average Bonchev–Trinajstić information content (AvgIpc) is 2.10. The third-order valence-corrected chi connectivity index (χ3v) is 2.37. The fraction of sp³-hybridized carbons (Fsp3) is 0.875. The number of ether oxygens (including phenoxy) is 1. The van der Waals surface area contributed by atoms with Crippen LogP contribution in [0.25, 0.3) is 0 Å². The minimum absolute atomic E-state index is 0.0465. The van der Waals surface area contributed by atoms with E-state index in [1.165, 1.54) is 0 Å². The number of hydrogen-bond acceptors (Lipinski definition) is 2. The summed E-state index contributed by atoms with van der Waals surface area (Å²) >= 11 is 3.42. The normalized spacial score (nSPS) is 12.6. The van der Waals surface area contributed by atoms with Gasteiger partial charge in [0.2, 0.25) is 5.91 Å². The van der Waals surface area contributed by atoms with Gasteiger partial charge in [-0.2, -0.15) is 0 Å². The standard InChI is InChI=1S/C8H16BrNO2/c1-3-7(9)5-10-8(11)6-12-4-2/h7H,3-6H2,1-2H3,(H,10,11). The lowest BCUT2D eigenvalue weighted by Gasteiger charge is -2.08. The molecule has 1 unspecified atom stereocenters. The second-order valence-corrected chi connectivity index (χ2v) is 3.74. The molecular formula is C8H16BrNO2. The largest absolute Gasteiger partial charge is 0.372 e. The Morgan fingerprint density at radius 2 is 2.25 bits per heavy atom. The second-order valence-electron chi connectivity index (χ2n) is 2.45. The van der Waals surface area contributed by atoms with Crippen LogP contribution in [0.1, 0.15) is 20.3 Å². The Labute approximate surface area is 82.0 Å². The Morgan fingerprint density at radius 3 is 2.75 bits per heavy atom. The first-order valence-corrected chi connectivity index (χ1v) is 5.10. The number of rotatable bonds is 6. The van der Waals surface area contributed by atoms with Crippen molar-refractivity contribution in [1.82, 2.24) is 5.32 Å². The van der Waals surface area contributed by atoms with Gasteiger partial charge in [-0.1, -0.05) is 22.9 Å². The lowest BCUT2D eigenvalue weighted by molar-refractivity contribution is -0.125. The minimum Gasteiger partial charge on any atom is -0.372 e. The van der Waals surface area contributed by atoms with Crippen LogP contribution in [0.4, 0.5) is 0 Å². The number of nitrogens with one attached hydrogen (secondary N) is 1. The van der Waals surface area contributed by atoms with Crippen molar-refractivity contribution in [1.29, 1.82) is 0 Å². The van der Waals surface area contributed by atoms with Crippen molar-refractivity contribution in [3.05, 3.63) is 0 Å². The predicted molar refractivity (Wildman–Crippen MR) is 52.5 cm³/mol. The molecule has 0 bridgehead atoms. The van der Waals surface area contributed by atoms with Crippen molar-refractivity contribution in [3.63, 3.8) is 0 Å². The monoisotopic (exact) mass is 237 g/mol. The molecule has 0 aromatic carbocycles. The number of carbonyl (C=O) groups excluding carboxylic acids is 1. The molecule has 0 aliphatic rings. The van der Waals surface area contributed by atoms with Crippen LogP contribution in [0.2, 0.25) is 0 Å². The van der Waals surface area contributed by atoms with Gasteiger partial charge < -0.3 is 10.1 Å². The molecule has 0 aliphatic carbocycles. The number of amides is 1. The molecule has 0 saturated carbocycles. The molecule has 0 rings (SSSR count). The van der Waals surface area contributed by atoms with Gasteiger partial charge in [-0.25, -0.2) is 0 Å². The van der Waals surface area contributed by atoms with Crippen LogP contribution in [-0.4, -0.2) is 30.5 Å². The zero-order chi connectivity index (χ0) is 9.40. The third-order valence-electron chi connectivity index (χ3n) is 1.40. The van der Waals surface area contributed by atoms with Gasteiger partial charge in [0.05, 0.1) is 0 Å². The van der Waals surface area contributed by atoms with Gasteiger partial charge in [0.15, 0.2) is 0 Å². The Kier molecular flexibility index (Phi) is 7.50. The summed E-state index contributed by atoms with van der Waals surface area (Å²) in [6.07, 6.45) is 1.01. The summed E-state index contributed by atoms with van der Waals surface area (Å²) < 4.78 is 4.93. The molecule has 0 aliphatic heterocycles. The summed E-state index contributed by atoms with van der Waals surface area (Å²) in [4.78, 5) is 11.3. The Hall–Kier alpha value is -0.0900. The molecule has 12 heavy (non-hydrogen) atoms. The van der Waals surface area contributed by atoms with Crippen LogP contribution in [0.3, 0.4) is 0 Å². The van der Waals surface area contributed by atoms with Crippen molar-refractivity contribution in [3.8, 4) is 0 Å². The van der Waals surface area contributed by atoms with Crippen molar-refractivity contribution in [2.45, 2.75) is 25.1 Å². The van der Waals surface area contributed by atoms with E-state index in [1.54, 1.807) is 0 Å². The fourth-order valence-corrected chi connectivity index (χ4v) is 0.777. The van der Waals surface area contributed by atoms with E-state index >= 15 is 0 Å². The molecule has 0 aromatic heterocycles. The first-order valence-electron chi connectivity index (χ1n) is 4.19. The maximum atomic E-state index is 11.0. The zero-order valence-corrected chi connectivity index (χ0v) is 9.19. The SMILES string of the molecule is CCOCC(=O)NCC(Br)CC. The van der Waals surface area contributed by atoms with Crippen LogP contribution in [0.15, 0.2) is 0 Å². The van der Waals surface area contributed by atoms with E-state index in [-0.39, 0.29) is 12.5 Å². The summed E-state index contributed by atoms with van der Waals surface area (Å²) in [5.41, 5.74) is 0. The van der Waals surface area contributed by atoms with E-state index in [1.807, 2.05) is 6.92 Å². The molecule has 1 N–H and O–H groups in total. The highest BCUT2D eigenvalue weighted by atomic mass is 79.9. The number of halogens is 1. The van der Waals surface area contributed by atoms with Gasteiger partial charge in [0, 0.05) is 18.0 Å². The third kappa shape index (κ3) is 6.61. The average molecular weight is 238 g/mol. The van der Waals surface area contributed by atoms with Crippen molar-refractivity contribution < 1.29 is 9.53 Å². The molecule has 0 radical (unpaired) electrons. The quantitative estimate of drug-likeness (QED) is 0.708. The van der Waals surface area contributed by atoms with Crippen LogP contribution >= 0.6 is 15.9 Å². The van der Waals surface area contributed by atoms with Crippen molar-refractivity contribution in [2.24, 2.45) is 0 Å². The molecule has 3 nitrogen and oxygen atoms in total. The van der Waals surface area contributed by atoms with Crippen LogP contribution in [0.5, 0.6) is 0 Å². The fourth-order valence-electron chi connectivity index (χ4n) is 0.615. The topological polar surface area (TPSA) is 38.3 Å². The molecule has 0 fully saturated rings. The Balaban J connectivity index is 3.31. The summed E-state index contributed by atoms with van der Waals surface area (Å²) in [6, 6.07) is 0. The maximum absolute atomic E-state index is 11.0. The molecule has 0 aromatic rings. The number of alkyl halides is 1. The zero-order valence-electron chi connectivity index (χ0n) is 7.60. The maximum Gasteiger partial charge on any atom is 0.246 e. The molecular weight excluding hydrogens is 222 g/mol. The van der Waals surface area contributed by atoms with Crippen LogP contribution < -0.4 is 5.32 Å². The van der Waals surface area contributed by atoms with Gasteiger partial charge in [-0.05, 0) is 13.3 Å². The summed E-state index contributed by atoms with van der Waals surface area (Å²) in [5, 5.41) is 2.76. The van der Waals surface area contributed by atoms with Gasteiger partial charge in [-0.3, -0.25) is 4.79 Å². The van der Waals surface area contributed by atoms with Gasteiger partial charge in [-0.15, -0.1) is 0 Å². The van der Waals surface area contributed by atoms with E-state index in [0.717, 1.165) is 6.42 Å². The predicted octanol–water partition coefficient (Wildman–Crippen LogP) is 1.31. The summed E-state index contributed by atoms with van der Waals surface area (Å²) in [7, 11) is 0. The molecule has 0 heterocycles. The van der Waals surface area contributed by atoms with E-state index in [2.05, 4.69) is 28.2 Å². The van der Waals surface area contributed by atoms with Crippen LogP contribution in [-0.2, 0) is 9.53 Å². The first kappa shape index (κ1) is 11.9. The summed E-state index contributed by atoms with van der Waals surface area (Å²) in [5.74, 6) is -0.0465. The van der Waals surface area contributed by atoms with Crippen LogP contribution in [0, 0.1) is 0 Å². The molecule has 0 spiro atoms. The lowest BCUT2D eigenvalue weighted by atomic mass is 10.3. The molecule has 0 saturated heterocycles. The van der Waals surface area contributed by atoms with E-state index in [9.17, 15) is 4.79 Å². The number of carbonyl (C=O) groups is 1. The minimum atomic E-state index is -0.0465. The smallest absolute Gasteiger partial charge is 0.246 e. The van der Waals surface area contributed by atoms with Crippen molar-refractivity contribution >= 4 is 21.8 Å². The van der Waals surface area contributed by atoms with Gasteiger partial charge in [0.25, 0.3) is 0 Å². The van der Waals surface area contributed by atoms with Gasteiger partial charge >= 0.3 is 0 Å². The van der Waals surface area contributed by atoms with E-state index < -0.39 is 0 Å². The Morgan fingerprint density at radius 1 is 1.58 bits per heavy atom. The highest BCUT2D eigenvalue weighted by molar-refractivity contribution is 9.09. The van der Waals surface area contributed by atoms with E-state index in [0.29, 0.717) is 18.0 Å². The highest BCUT2D eigenvalue weighted by Gasteiger charge is 2.03. The molecule has 4 heteroatoms. The van der Waals surface area contributed by atoms with E-state index in [4.69, 9.17) is 4.74 Å². The highest BCUT2D eigenvalue weighted by Crippen LogP contribution is 2.01. The first-order chi connectivity index (χ1) is 5.70.